The predicted molar refractivity (Wildman–Crippen MR) is 391 cm³/mol. The smallest absolute Gasteiger partial charge is 0.231 e. The van der Waals surface area contributed by atoms with Crippen LogP contribution < -0.4 is 43.1 Å². The summed E-state index contributed by atoms with van der Waals surface area (Å²) in [7, 11) is -2.30. The van der Waals surface area contributed by atoms with Gasteiger partial charge >= 0.3 is 0 Å². The summed E-state index contributed by atoms with van der Waals surface area (Å²) >= 11 is 12.9. The standard InChI is InChI=1S/C79H117Br3O8Si/c1-8-12-16-20-24-28-32-36-40-44-56-60-48-61-57(45-41-37-33-29-25-21-17-13-9-2)63-50-65-59(47-43-39-35-31-27-23-19-15-11-4)67-51-66-58(46-42-38-34-30-26-22-18-14-10-3)64-49-62(56)73-69(81)75(64)87-54-89-77(66)79(91(5,6)7)78(67)90-55-88-76(65)70(82)74(63)86-53-84-72(61)68(80)71(60)83-52-85-73/h48-51,56-59H,8-47,52-55H2,1-7H3. The fourth-order valence-corrected chi connectivity index (χ4v) is 19.6. The molecule has 8 bridgehead atoms. The Bertz CT molecular complexity index is 2720. The fraction of sp³-hybridized carbons (Fsp3) is 0.696. The Hall–Kier alpha value is -3.06. The Morgan fingerprint density at radius 1 is 0.264 bits per heavy atom. The second-order valence-corrected chi connectivity index (χ2v) is 36.1. The minimum atomic E-state index is -2.30. The van der Waals surface area contributed by atoms with Crippen molar-refractivity contribution in [3.05, 3.63) is 82.2 Å². The van der Waals surface area contributed by atoms with Gasteiger partial charge in [-0.3, -0.25) is 0 Å². The molecule has 0 radical (unpaired) electrons. The Balaban J connectivity index is 1.27. The maximum atomic E-state index is 7.26. The lowest BCUT2D eigenvalue weighted by atomic mass is 9.76. The normalized spacial score (nSPS) is 17.6. The lowest BCUT2D eigenvalue weighted by Gasteiger charge is -2.38. The van der Waals surface area contributed by atoms with E-state index in [1.807, 2.05) is 0 Å². The minimum Gasteiger partial charge on any atom is -0.457 e. The molecule has 4 atom stereocenters. The highest BCUT2D eigenvalue weighted by Gasteiger charge is 2.43. The van der Waals surface area contributed by atoms with Crippen molar-refractivity contribution in [2.45, 2.75) is 328 Å². The third kappa shape index (κ3) is 18.7. The van der Waals surface area contributed by atoms with Gasteiger partial charge in [-0.2, -0.15) is 0 Å². The first-order valence-electron chi connectivity index (χ1n) is 37.3. The Kier molecular flexibility index (Phi) is 29.7. The molecular formula is C79H117Br3O8Si. The second-order valence-electron chi connectivity index (χ2n) is 28.7. The number of hydrogen-bond donors (Lipinski definition) is 0. The highest BCUT2D eigenvalue weighted by Crippen LogP contribution is 2.60. The molecular weight excluding hydrogens is 1340 g/mol. The summed E-state index contributed by atoms with van der Waals surface area (Å²) in [4.78, 5) is 0. The zero-order valence-electron chi connectivity index (χ0n) is 57.6. The van der Waals surface area contributed by atoms with E-state index in [9.17, 15) is 0 Å². The van der Waals surface area contributed by atoms with E-state index in [1.54, 1.807) is 0 Å². The molecule has 1 aliphatic carbocycles. The molecule has 0 N–H and O–H groups in total. The molecule has 8 nitrogen and oxygen atoms in total. The molecule has 0 spiro atoms. The maximum absolute atomic E-state index is 7.26. The molecule has 0 saturated heterocycles. The van der Waals surface area contributed by atoms with E-state index in [0.717, 1.165) is 111 Å². The number of halogens is 3. The van der Waals surface area contributed by atoms with Gasteiger partial charge in [0.1, 0.15) is 59.4 Å². The maximum Gasteiger partial charge on any atom is 0.231 e. The van der Waals surface area contributed by atoms with Crippen molar-refractivity contribution in [1.29, 1.82) is 0 Å². The third-order valence-electron chi connectivity index (χ3n) is 20.8. The Morgan fingerprint density at radius 2 is 0.429 bits per heavy atom. The van der Waals surface area contributed by atoms with Gasteiger partial charge in [-0.25, -0.2) is 0 Å². The van der Waals surface area contributed by atoms with E-state index in [1.165, 1.54) is 255 Å². The van der Waals surface area contributed by atoms with Gasteiger partial charge in [-0.1, -0.05) is 278 Å². The highest BCUT2D eigenvalue weighted by atomic mass is 79.9. The quantitative estimate of drug-likeness (QED) is 0.0321. The van der Waals surface area contributed by atoms with Crippen LogP contribution in [-0.2, 0) is 0 Å². The lowest BCUT2D eigenvalue weighted by molar-refractivity contribution is 0.0969. The minimum absolute atomic E-state index is 0.0209. The molecule has 12 heteroatoms. The van der Waals surface area contributed by atoms with E-state index in [0.29, 0.717) is 0 Å². The summed E-state index contributed by atoms with van der Waals surface area (Å²) in [5, 5.41) is 1.23. The molecule has 4 unspecified atom stereocenters. The first kappa shape index (κ1) is 72.2. The van der Waals surface area contributed by atoms with E-state index in [-0.39, 0.29) is 50.8 Å². The second kappa shape index (κ2) is 37.4. The molecule has 0 aromatic heterocycles. The van der Waals surface area contributed by atoms with Crippen molar-refractivity contribution in [1.82, 2.24) is 0 Å². The zero-order valence-corrected chi connectivity index (χ0v) is 63.4. The molecule has 0 saturated carbocycles. The van der Waals surface area contributed by atoms with Crippen molar-refractivity contribution in [3.63, 3.8) is 0 Å². The summed E-state index contributed by atoms with van der Waals surface area (Å²) in [6, 6.07) is 10.2. The van der Waals surface area contributed by atoms with Crippen molar-refractivity contribution in [2.24, 2.45) is 0 Å². The average molecular weight is 1460 g/mol. The van der Waals surface area contributed by atoms with Crippen LogP contribution in [0.15, 0.2) is 37.7 Å². The van der Waals surface area contributed by atoms with Gasteiger partial charge in [-0.05, 0) is 97.7 Å². The molecule has 0 fully saturated rings. The summed E-state index contributed by atoms with van der Waals surface area (Å²) in [6.07, 6.45) is 49.3. The van der Waals surface area contributed by atoms with Gasteiger partial charge in [0.05, 0.1) is 8.07 Å². The van der Waals surface area contributed by atoms with E-state index < -0.39 is 8.07 Å². The molecule has 4 aliphatic heterocycles. The van der Waals surface area contributed by atoms with Crippen LogP contribution >= 0.6 is 47.8 Å². The zero-order chi connectivity index (χ0) is 64.0. The first-order valence-corrected chi connectivity index (χ1v) is 43.2. The molecule has 4 heterocycles. The number of unbranched alkanes of at least 4 members (excludes halogenated alkanes) is 32. The summed E-state index contributed by atoms with van der Waals surface area (Å²) in [6.45, 7) is 16.8. The first-order chi connectivity index (χ1) is 44.5. The summed E-state index contributed by atoms with van der Waals surface area (Å²) < 4.78 is 59.3. The summed E-state index contributed by atoms with van der Waals surface area (Å²) in [5.41, 5.74) is 9.70. The van der Waals surface area contributed by atoms with Crippen molar-refractivity contribution < 1.29 is 37.9 Å². The predicted octanol–water partition coefficient (Wildman–Crippen LogP) is 26.0. The van der Waals surface area contributed by atoms with Gasteiger partial charge in [0.25, 0.3) is 0 Å². The monoisotopic (exact) mass is 1460 g/mol. The Morgan fingerprint density at radius 3 is 0.615 bits per heavy atom. The van der Waals surface area contributed by atoms with Crippen LogP contribution in [0.5, 0.6) is 46.0 Å². The number of hydrogen-bond acceptors (Lipinski definition) is 8. The molecule has 91 heavy (non-hydrogen) atoms. The number of ether oxygens (including phenoxy) is 8. The molecule has 0 amide bonds. The third-order valence-corrected chi connectivity index (χ3v) is 24.9. The SMILES string of the molecule is CCCCCCCCCCCC1c2cc3c4c(Br)c2OCOc2c1cc1c(c2Br)OCOc2c(cc5c(c2[Si](C)(C)C)OCOc2c(cc(c(c2Br)OCO4)C3CCCCCCCCCCC)C5CCCCCCCCCCC)C1CCCCCCCCCCC. The number of rotatable bonds is 41. The van der Waals surface area contributed by atoms with Crippen LogP contribution in [0.25, 0.3) is 0 Å². The van der Waals surface area contributed by atoms with Crippen LogP contribution in [0, 0.1) is 0 Å². The van der Waals surface area contributed by atoms with Gasteiger partial charge in [0.15, 0.2) is 0 Å². The lowest BCUT2D eigenvalue weighted by Crippen LogP contribution is -2.42. The van der Waals surface area contributed by atoms with Gasteiger partial charge in [0.2, 0.25) is 27.2 Å². The van der Waals surface area contributed by atoms with Crippen molar-refractivity contribution >= 4 is 61.1 Å². The van der Waals surface area contributed by atoms with Crippen LogP contribution in [0.4, 0.5) is 0 Å². The van der Waals surface area contributed by atoms with Crippen LogP contribution in [-0.4, -0.2) is 35.2 Å². The molecule has 506 valence electrons. The van der Waals surface area contributed by atoms with E-state index >= 15 is 0 Å². The Labute approximate surface area is 578 Å². The highest BCUT2D eigenvalue weighted by molar-refractivity contribution is 9.11. The van der Waals surface area contributed by atoms with Gasteiger partial charge in [-0.15, -0.1) is 0 Å². The molecule has 4 aromatic rings. The average Bonchev–Trinajstić information content (AvgIpc) is 0.749. The van der Waals surface area contributed by atoms with Crippen molar-refractivity contribution in [3.8, 4) is 46.0 Å². The summed E-state index contributed by atoms with van der Waals surface area (Å²) in [5.74, 6) is 6.49. The van der Waals surface area contributed by atoms with Crippen molar-refractivity contribution in [2.75, 3.05) is 27.2 Å². The molecule has 4 aromatic carbocycles. The van der Waals surface area contributed by atoms with E-state index in [2.05, 4.69) is 119 Å². The van der Waals surface area contributed by atoms with Crippen LogP contribution in [0.3, 0.4) is 0 Å². The largest absolute Gasteiger partial charge is 0.457 e. The van der Waals surface area contributed by atoms with Gasteiger partial charge in [0, 0.05) is 73.4 Å². The van der Waals surface area contributed by atoms with E-state index in [4.69, 9.17) is 37.9 Å². The van der Waals surface area contributed by atoms with Crippen LogP contribution in [0.1, 0.15) is 353 Å². The van der Waals surface area contributed by atoms with Crippen LogP contribution in [0.2, 0.25) is 19.6 Å². The fourth-order valence-electron chi connectivity index (χ4n) is 15.7. The topological polar surface area (TPSA) is 73.8 Å². The number of benzene rings is 4. The molecule has 5 aliphatic rings. The molecule has 9 rings (SSSR count). The van der Waals surface area contributed by atoms with Gasteiger partial charge < -0.3 is 37.9 Å².